The first-order valence-corrected chi connectivity index (χ1v) is 9.66. The molecular formula is C17H17N5O2S2. The van der Waals surface area contributed by atoms with E-state index in [1.54, 1.807) is 47.2 Å². The zero-order valence-electron chi connectivity index (χ0n) is 14.2. The maximum atomic E-state index is 12.5. The number of Topliss-reactive ketones (excluding diaryl/α,β-unsaturated/α-hetero) is 1. The van der Waals surface area contributed by atoms with Gasteiger partial charge in [0.05, 0.1) is 17.5 Å². The lowest BCUT2D eigenvalue weighted by Crippen LogP contribution is -2.24. The SMILES string of the molecule is CC(=O)c1ccccc1NC(=O)C(C)Sc1nnnn1Cc1cccs1. The summed E-state index contributed by atoms with van der Waals surface area (Å²) in [5.74, 6) is -0.310. The van der Waals surface area contributed by atoms with Gasteiger partial charge in [0.25, 0.3) is 0 Å². The van der Waals surface area contributed by atoms with Gasteiger partial charge >= 0.3 is 0 Å². The summed E-state index contributed by atoms with van der Waals surface area (Å²) in [4.78, 5) is 25.3. The molecule has 0 saturated heterocycles. The molecule has 0 spiro atoms. The highest BCUT2D eigenvalue weighted by Crippen LogP contribution is 2.24. The molecule has 1 aromatic carbocycles. The maximum Gasteiger partial charge on any atom is 0.237 e. The van der Waals surface area contributed by atoms with Gasteiger partial charge in [-0.2, -0.15) is 0 Å². The van der Waals surface area contributed by atoms with Crippen LogP contribution in [-0.2, 0) is 11.3 Å². The molecule has 2 aromatic heterocycles. The van der Waals surface area contributed by atoms with E-state index in [0.717, 1.165) is 4.88 Å². The zero-order chi connectivity index (χ0) is 18.5. The third-order valence-corrected chi connectivity index (χ3v) is 5.53. The largest absolute Gasteiger partial charge is 0.324 e. The predicted octanol–water partition coefficient (Wildman–Crippen LogP) is 3.10. The average molecular weight is 387 g/mol. The molecule has 0 aliphatic rings. The normalized spacial score (nSPS) is 11.9. The van der Waals surface area contributed by atoms with Crippen molar-refractivity contribution in [3.63, 3.8) is 0 Å². The Bertz CT molecular complexity index is 908. The fraction of sp³-hybridized carbons (Fsp3) is 0.235. The van der Waals surface area contributed by atoms with Crippen LogP contribution in [0.5, 0.6) is 0 Å². The minimum absolute atomic E-state index is 0.0962. The van der Waals surface area contributed by atoms with Gasteiger partial charge in [-0.05, 0) is 47.9 Å². The maximum absolute atomic E-state index is 12.5. The minimum Gasteiger partial charge on any atom is -0.324 e. The number of amides is 1. The number of hydrogen-bond donors (Lipinski definition) is 1. The molecule has 3 rings (SSSR count). The van der Waals surface area contributed by atoms with Crippen LogP contribution < -0.4 is 5.32 Å². The van der Waals surface area contributed by atoms with E-state index in [2.05, 4.69) is 20.8 Å². The third kappa shape index (κ3) is 4.36. The van der Waals surface area contributed by atoms with Crippen LogP contribution in [0.2, 0.25) is 0 Å². The molecule has 3 aromatic rings. The summed E-state index contributed by atoms with van der Waals surface area (Å²) in [6.45, 7) is 3.82. The Hall–Kier alpha value is -2.52. The van der Waals surface area contributed by atoms with Crippen LogP contribution in [0.25, 0.3) is 0 Å². The van der Waals surface area contributed by atoms with Crippen LogP contribution in [0, 0.1) is 0 Å². The van der Waals surface area contributed by atoms with E-state index in [4.69, 9.17) is 0 Å². The lowest BCUT2D eigenvalue weighted by molar-refractivity contribution is -0.115. The van der Waals surface area contributed by atoms with Crippen molar-refractivity contribution in [2.24, 2.45) is 0 Å². The number of carbonyl (C=O) groups is 2. The monoisotopic (exact) mass is 387 g/mol. The van der Waals surface area contributed by atoms with Crippen molar-refractivity contribution >= 4 is 40.5 Å². The van der Waals surface area contributed by atoms with Crippen LogP contribution in [0.4, 0.5) is 5.69 Å². The second kappa shape index (κ2) is 8.24. The molecule has 134 valence electrons. The van der Waals surface area contributed by atoms with Crippen molar-refractivity contribution in [2.45, 2.75) is 30.8 Å². The Morgan fingerprint density at radius 2 is 2.08 bits per heavy atom. The van der Waals surface area contributed by atoms with E-state index in [9.17, 15) is 9.59 Å². The Kier molecular flexibility index (Phi) is 5.79. The van der Waals surface area contributed by atoms with Crippen molar-refractivity contribution in [1.29, 1.82) is 0 Å². The van der Waals surface area contributed by atoms with Gasteiger partial charge in [-0.1, -0.05) is 30.0 Å². The summed E-state index contributed by atoms with van der Waals surface area (Å²) >= 11 is 2.90. The molecule has 0 bridgehead atoms. The summed E-state index contributed by atoms with van der Waals surface area (Å²) in [6.07, 6.45) is 0. The number of nitrogens with zero attached hydrogens (tertiary/aromatic N) is 4. The topological polar surface area (TPSA) is 89.8 Å². The first-order chi connectivity index (χ1) is 12.5. The lowest BCUT2D eigenvalue weighted by atomic mass is 10.1. The van der Waals surface area contributed by atoms with Crippen LogP contribution >= 0.6 is 23.1 Å². The first kappa shape index (κ1) is 18.3. The van der Waals surface area contributed by atoms with Gasteiger partial charge in [-0.3, -0.25) is 9.59 Å². The molecule has 26 heavy (non-hydrogen) atoms. The van der Waals surface area contributed by atoms with E-state index < -0.39 is 5.25 Å². The predicted molar refractivity (Wildman–Crippen MR) is 102 cm³/mol. The van der Waals surface area contributed by atoms with Gasteiger partial charge in [-0.25, -0.2) is 4.68 Å². The number of anilines is 1. The number of hydrogen-bond acceptors (Lipinski definition) is 7. The molecule has 1 unspecified atom stereocenters. The van der Waals surface area contributed by atoms with Crippen molar-refractivity contribution in [1.82, 2.24) is 20.2 Å². The third-order valence-electron chi connectivity index (χ3n) is 3.60. The van der Waals surface area contributed by atoms with E-state index in [1.165, 1.54) is 18.7 Å². The highest BCUT2D eigenvalue weighted by Gasteiger charge is 2.20. The summed E-state index contributed by atoms with van der Waals surface area (Å²) in [5.41, 5.74) is 0.996. The molecule has 1 N–H and O–H groups in total. The first-order valence-electron chi connectivity index (χ1n) is 7.90. The molecule has 0 saturated carbocycles. The van der Waals surface area contributed by atoms with Crippen molar-refractivity contribution in [2.75, 3.05) is 5.32 Å². The van der Waals surface area contributed by atoms with Crippen molar-refractivity contribution in [3.8, 4) is 0 Å². The number of thioether (sulfide) groups is 1. The fourth-order valence-electron chi connectivity index (χ4n) is 2.28. The number of rotatable bonds is 7. The Morgan fingerprint density at radius 3 is 2.81 bits per heavy atom. The number of thiophene rings is 1. The number of para-hydroxylation sites is 1. The molecule has 0 aliphatic heterocycles. The van der Waals surface area contributed by atoms with Crippen LogP contribution in [0.1, 0.15) is 29.1 Å². The second-order valence-corrected chi connectivity index (χ2v) is 7.89. The Balaban J connectivity index is 1.67. The molecule has 7 nitrogen and oxygen atoms in total. The summed E-state index contributed by atoms with van der Waals surface area (Å²) in [5, 5.41) is 16.7. The number of tetrazole rings is 1. The van der Waals surface area contributed by atoms with E-state index in [1.807, 2.05) is 17.5 Å². The van der Waals surface area contributed by atoms with E-state index >= 15 is 0 Å². The number of nitrogens with one attached hydrogen (secondary N) is 1. The minimum atomic E-state index is -0.428. The molecule has 2 heterocycles. The molecule has 0 radical (unpaired) electrons. The van der Waals surface area contributed by atoms with E-state index in [0.29, 0.717) is 23.0 Å². The van der Waals surface area contributed by atoms with Gasteiger partial charge in [0, 0.05) is 10.4 Å². The highest BCUT2D eigenvalue weighted by atomic mass is 32.2. The Labute approximate surface area is 158 Å². The van der Waals surface area contributed by atoms with Crippen molar-refractivity contribution in [3.05, 3.63) is 52.2 Å². The molecule has 0 aliphatic carbocycles. The molecule has 1 amide bonds. The van der Waals surface area contributed by atoms with Gasteiger partial charge in [-0.15, -0.1) is 16.4 Å². The molecule has 0 fully saturated rings. The number of aromatic nitrogens is 4. The van der Waals surface area contributed by atoms with Crippen LogP contribution in [0.3, 0.4) is 0 Å². The van der Waals surface area contributed by atoms with Crippen molar-refractivity contribution < 1.29 is 9.59 Å². The Morgan fingerprint density at radius 1 is 1.27 bits per heavy atom. The van der Waals surface area contributed by atoms with Gasteiger partial charge < -0.3 is 5.32 Å². The standard InChI is InChI=1S/C17H17N5O2S2/c1-11(23)14-7-3-4-8-15(14)18-16(24)12(2)26-17-19-20-21-22(17)10-13-6-5-9-25-13/h3-9,12H,10H2,1-2H3,(H,18,24). The quantitative estimate of drug-likeness (QED) is 0.495. The number of carbonyl (C=O) groups excluding carboxylic acids is 2. The molecule has 1 atom stereocenters. The van der Waals surface area contributed by atoms with Gasteiger partial charge in [0.1, 0.15) is 0 Å². The van der Waals surface area contributed by atoms with Gasteiger partial charge in [0.15, 0.2) is 5.78 Å². The van der Waals surface area contributed by atoms with Crippen LogP contribution in [0.15, 0.2) is 46.9 Å². The average Bonchev–Trinajstić information content (AvgIpc) is 3.28. The summed E-state index contributed by atoms with van der Waals surface area (Å²) in [6, 6.07) is 10.9. The molecular weight excluding hydrogens is 370 g/mol. The number of benzene rings is 1. The summed E-state index contributed by atoms with van der Waals surface area (Å²) < 4.78 is 1.67. The van der Waals surface area contributed by atoms with E-state index in [-0.39, 0.29) is 11.7 Å². The van der Waals surface area contributed by atoms with Gasteiger partial charge in [0.2, 0.25) is 11.1 Å². The smallest absolute Gasteiger partial charge is 0.237 e. The molecule has 9 heteroatoms. The second-order valence-electron chi connectivity index (χ2n) is 5.55. The van der Waals surface area contributed by atoms with Crippen LogP contribution in [-0.4, -0.2) is 37.1 Å². The number of ketones is 1. The highest BCUT2D eigenvalue weighted by molar-refractivity contribution is 8.00. The summed E-state index contributed by atoms with van der Waals surface area (Å²) in [7, 11) is 0. The lowest BCUT2D eigenvalue weighted by Gasteiger charge is -2.13. The zero-order valence-corrected chi connectivity index (χ0v) is 15.9. The fourth-order valence-corrected chi connectivity index (χ4v) is 3.75.